The largest absolute Gasteiger partial charge is 0.467 e. The first-order chi connectivity index (χ1) is 10.6. The summed E-state index contributed by atoms with van der Waals surface area (Å²) >= 11 is 0. The highest BCUT2D eigenvalue weighted by Gasteiger charge is 2.40. The van der Waals surface area contributed by atoms with E-state index >= 15 is 0 Å². The maximum Gasteiger partial charge on any atom is 0.206 e. The number of nitrogens with two attached hydrogens (primary N) is 1. The number of anilines is 2. The number of fused-ring (bicyclic) bond motifs is 1. The third kappa shape index (κ3) is 3.41. The van der Waals surface area contributed by atoms with E-state index in [1.165, 1.54) is 0 Å². The molecule has 0 spiro atoms. The van der Waals surface area contributed by atoms with Crippen molar-refractivity contribution in [2.75, 3.05) is 10.8 Å². The highest BCUT2D eigenvalue weighted by molar-refractivity contribution is 8.26. The Bertz CT molecular complexity index is 642. The number of benzene rings is 2. The second-order valence-corrected chi connectivity index (χ2v) is 7.15. The molecule has 1 atom stereocenters. The van der Waals surface area contributed by atoms with Gasteiger partial charge in [0, 0.05) is 6.42 Å². The van der Waals surface area contributed by atoms with Crippen LogP contribution in [0.25, 0.3) is 0 Å². The van der Waals surface area contributed by atoms with Crippen molar-refractivity contribution in [3.63, 3.8) is 0 Å². The molecule has 3 rings (SSSR count). The molecule has 2 aromatic rings. The van der Waals surface area contributed by atoms with Gasteiger partial charge in [0.15, 0.2) is 0 Å². The standard InChI is InChI=1S/C16H20N2O3S.ClH/c17-12-6-11-16-21-15-10-5-4-9-14(15)18(22(16,19)20)13-7-2-1-3-8-13;/h1-5,7-10,16,19-20H,6,11-12,17H2;1H. The lowest BCUT2D eigenvalue weighted by atomic mass is 10.2. The van der Waals surface area contributed by atoms with Gasteiger partial charge in [-0.15, -0.1) is 12.4 Å². The van der Waals surface area contributed by atoms with Gasteiger partial charge >= 0.3 is 0 Å². The minimum atomic E-state index is -3.15. The van der Waals surface area contributed by atoms with E-state index in [2.05, 4.69) is 0 Å². The van der Waals surface area contributed by atoms with Crippen LogP contribution in [-0.2, 0) is 0 Å². The van der Waals surface area contributed by atoms with Crippen LogP contribution in [0.15, 0.2) is 54.6 Å². The number of hydrogen-bond donors (Lipinski definition) is 3. The van der Waals surface area contributed by atoms with Crippen molar-refractivity contribution in [2.45, 2.75) is 18.3 Å². The van der Waals surface area contributed by atoms with Gasteiger partial charge in [0.25, 0.3) is 0 Å². The Labute approximate surface area is 144 Å². The Kier molecular flexibility index (Phi) is 5.78. The molecule has 0 saturated heterocycles. The molecular formula is C16H21ClN2O3S. The summed E-state index contributed by atoms with van der Waals surface area (Å²) in [5.41, 5.74) is 6.26. The van der Waals surface area contributed by atoms with Crippen LogP contribution < -0.4 is 14.8 Å². The van der Waals surface area contributed by atoms with Gasteiger partial charge in [-0.2, -0.15) is 0 Å². The van der Waals surface area contributed by atoms with Crippen molar-refractivity contribution < 1.29 is 13.8 Å². The smallest absolute Gasteiger partial charge is 0.206 e. The van der Waals surface area contributed by atoms with Crippen molar-refractivity contribution in [1.82, 2.24) is 0 Å². The molecule has 126 valence electrons. The fourth-order valence-corrected chi connectivity index (χ4v) is 4.38. The SMILES string of the molecule is Cl.NCCCC1Oc2ccccc2N(c2ccccc2)S1(O)O. The fourth-order valence-electron chi connectivity index (χ4n) is 2.55. The van der Waals surface area contributed by atoms with Crippen molar-refractivity contribution in [3.8, 4) is 5.75 Å². The molecule has 0 aromatic heterocycles. The highest BCUT2D eigenvalue weighted by Crippen LogP contribution is 2.61. The molecule has 0 radical (unpaired) electrons. The molecular weight excluding hydrogens is 336 g/mol. The molecule has 0 fully saturated rings. The molecule has 5 nitrogen and oxygen atoms in total. The Morgan fingerprint density at radius 3 is 2.39 bits per heavy atom. The predicted octanol–water partition coefficient (Wildman–Crippen LogP) is 4.37. The van der Waals surface area contributed by atoms with Crippen LogP contribution in [0.3, 0.4) is 0 Å². The van der Waals surface area contributed by atoms with Gasteiger partial charge in [0.05, 0.1) is 5.69 Å². The molecule has 4 N–H and O–H groups in total. The van der Waals surface area contributed by atoms with Gasteiger partial charge in [-0.3, -0.25) is 9.11 Å². The summed E-state index contributed by atoms with van der Waals surface area (Å²) < 4.78 is 29.1. The van der Waals surface area contributed by atoms with Crippen LogP contribution in [0.4, 0.5) is 11.4 Å². The van der Waals surface area contributed by atoms with Gasteiger partial charge in [0.1, 0.15) is 11.4 Å². The third-order valence-corrected chi connectivity index (χ3v) is 5.58. The maximum atomic E-state index is 10.8. The van der Waals surface area contributed by atoms with E-state index in [1.807, 2.05) is 54.6 Å². The quantitative estimate of drug-likeness (QED) is 0.758. The highest BCUT2D eigenvalue weighted by atomic mass is 35.5. The fraction of sp³-hybridized carbons (Fsp3) is 0.250. The average molecular weight is 357 g/mol. The first-order valence-corrected chi connectivity index (χ1v) is 8.79. The minimum absolute atomic E-state index is 0. The molecule has 1 aliphatic heterocycles. The van der Waals surface area contributed by atoms with Crippen LogP contribution >= 0.6 is 23.2 Å². The zero-order valence-corrected chi connectivity index (χ0v) is 14.2. The van der Waals surface area contributed by atoms with Crippen molar-refractivity contribution in [3.05, 3.63) is 54.6 Å². The van der Waals surface area contributed by atoms with Gasteiger partial charge in [0.2, 0.25) is 5.44 Å². The van der Waals surface area contributed by atoms with Crippen LogP contribution in [0.5, 0.6) is 5.75 Å². The number of ether oxygens (including phenoxy) is 1. The van der Waals surface area contributed by atoms with Crippen molar-refractivity contribution in [2.24, 2.45) is 5.73 Å². The summed E-state index contributed by atoms with van der Waals surface area (Å²) in [5, 5.41) is 0. The first kappa shape index (κ1) is 17.9. The molecule has 2 aromatic carbocycles. The van der Waals surface area contributed by atoms with Crippen LogP contribution in [0, 0.1) is 0 Å². The third-order valence-electron chi connectivity index (χ3n) is 3.60. The van der Waals surface area contributed by atoms with Crippen LogP contribution in [0.1, 0.15) is 12.8 Å². The minimum Gasteiger partial charge on any atom is -0.467 e. The Balaban J connectivity index is 0.00000192. The number of nitrogens with zero attached hydrogens (tertiary/aromatic N) is 1. The number of halogens is 1. The summed E-state index contributed by atoms with van der Waals surface area (Å²) in [6, 6.07) is 16.8. The second kappa shape index (κ2) is 7.42. The monoisotopic (exact) mass is 356 g/mol. The van der Waals surface area contributed by atoms with Crippen LogP contribution in [-0.4, -0.2) is 21.1 Å². The first-order valence-electron chi connectivity index (χ1n) is 7.22. The second-order valence-electron chi connectivity index (χ2n) is 5.14. The molecule has 0 saturated carbocycles. The van der Waals surface area contributed by atoms with Crippen molar-refractivity contribution in [1.29, 1.82) is 0 Å². The Morgan fingerprint density at radius 1 is 1.04 bits per heavy atom. The van der Waals surface area contributed by atoms with E-state index in [1.54, 1.807) is 4.31 Å². The molecule has 0 aliphatic carbocycles. The lowest BCUT2D eigenvalue weighted by molar-refractivity contribution is 0.236. The summed E-state index contributed by atoms with van der Waals surface area (Å²) in [4.78, 5) is 0. The van der Waals surface area contributed by atoms with Gasteiger partial charge < -0.3 is 10.5 Å². The van der Waals surface area contributed by atoms with E-state index < -0.39 is 16.2 Å². The number of hydrogen-bond acceptors (Lipinski definition) is 5. The summed E-state index contributed by atoms with van der Waals surface area (Å²) in [6.45, 7) is 0.488. The summed E-state index contributed by atoms with van der Waals surface area (Å²) in [5.74, 6) is 0.652. The Hall–Kier alpha value is -1.44. The van der Waals surface area contributed by atoms with E-state index in [0.717, 1.165) is 5.69 Å². The predicted molar refractivity (Wildman–Crippen MR) is 97.8 cm³/mol. The molecule has 7 heteroatoms. The van der Waals surface area contributed by atoms with E-state index in [-0.39, 0.29) is 12.4 Å². The number of para-hydroxylation sites is 3. The topological polar surface area (TPSA) is 79.0 Å². The van der Waals surface area contributed by atoms with E-state index in [0.29, 0.717) is 30.8 Å². The lowest BCUT2D eigenvalue weighted by Crippen LogP contribution is -2.39. The summed E-state index contributed by atoms with van der Waals surface area (Å²) in [6.07, 6.45) is 1.17. The Morgan fingerprint density at radius 2 is 1.70 bits per heavy atom. The molecule has 1 aliphatic rings. The average Bonchev–Trinajstić information content (AvgIpc) is 2.53. The normalized spacial score (nSPS) is 20.0. The van der Waals surface area contributed by atoms with Gasteiger partial charge in [-0.05, 0) is 37.2 Å². The van der Waals surface area contributed by atoms with E-state index in [4.69, 9.17) is 10.5 Å². The molecule has 23 heavy (non-hydrogen) atoms. The van der Waals surface area contributed by atoms with Crippen LogP contribution in [0.2, 0.25) is 0 Å². The lowest BCUT2D eigenvalue weighted by Gasteiger charge is -2.51. The molecule has 1 heterocycles. The zero-order chi connectivity index (χ0) is 15.6. The molecule has 1 unspecified atom stereocenters. The summed E-state index contributed by atoms with van der Waals surface area (Å²) in [7, 11) is -3.15. The number of rotatable bonds is 4. The maximum absolute atomic E-state index is 10.8. The van der Waals surface area contributed by atoms with Crippen molar-refractivity contribution >= 4 is 34.6 Å². The molecule has 0 bridgehead atoms. The molecule has 0 amide bonds. The van der Waals surface area contributed by atoms with Gasteiger partial charge in [-0.25, -0.2) is 4.31 Å². The van der Waals surface area contributed by atoms with E-state index in [9.17, 15) is 9.11 Å². The van der Waals surface area contributed by atoms with Gasteiger partial charge in [-0.1, -0.05) is 41.1 Å². The zero-order valence-electron chi connectivity index (χ0n) is 12.5.